The molecule has 0 amide bonds. The summed E-state index contributed by atoms with van der Waals surface area (Å²) in [5, 5.41) is 0. The highest BCUT2D eigenvalue weighted by Gasteiger charge is 2.14. The Morgan fingerprint density at radius 2 is 1.93 bits per heavy atom. The molecule has 0 radical (unpaired) electrons. The Morgan fingerprint density at radius 3 is 2.50 bits per heavy atom. The van der Waals surface area contributed by atoms with Crippen LogP contribution in [0.2, 0.25) is 0 Å². The molecule has 14 heavy (non-hydrogen) atoms. The van der Waals surface area contributed by atoms with Crippen LogP contribution in [0.15, 0.2) is 36.5 Å². The number of ketones is 1. The second kappa shape index (κ2) is 5.58. The fourth-order valence-corrected chi connectivity index (χ4v) is 1.55. The molecule has 0 aromatic rings. The van der Waals surface area contributed by atoms with E-state index in [-0.39, 0.29) is 11.7 Å². The number of carbonyl (C=O) groups is 1. The SMILES string of the molecule is C=C(C(=O)CCCCC)C1C=CC=C1. The van der Waals surface area contributed by atoms with Crippen LogP contribution < -0.4 is 0 Å². The topological polar surface area (TPSA) is 17.1 Å². The normalized spacial score (nSPS) is 14.9. The zero-order valence-corrected chi connectivity index (χ0v) is 8.83. The van der Waals surface area contributed by atoms with E-state index in [0.29, 0.717) is 6.42 Å². The van der Waals surface area contributed by atoms with E-state index in [4.69, 9.17) is 0 Å². The number of rotatable bonds is 6. The van der Waals surface area contributed by atoms with Crippen LogP contribution in [0.3, 0.4) is 0 Å². The summed E-state index contributed by atoms with van der Waals surface area (Å²) >= 11 is 0. The fourth-order valence-electron chi connectivity index (χ4n) is 1.55. The van der Waals surface area contributed by atoms with Crippen LogP contribution in [0, 0.1) is 5.92 Å². The van der Waals surface area contributed by atoms with Gasteiger partial charge in [0, 0.05) is 12.3 Å². The van der Waals surface area contributed by atoms with Crippen molar-refractivity contribution in [1.29, 1.82) is 0 Å². The number of carbonyl (C=O) groups excluding carboxylic acids is 1. The van der Waals surface area contributed by atoms with Crippen molar-refractivity contribution in [3.63, 3.8) is 0 Å². The van der Waals surface area contributed by atoms with Crippen molar-refractivity contribution < 1.29 is 4.79 Å². The molecule has 0 unspecified atom stereocenters. The summed E-state index contributed by atoms with van der Waals surface area (Å²) in [6.45, 7) is 6.00. The van der Waals surface area contributed by atoms with Gasteiger partial charge in [0.05, 0.1) is 0 Å². The van der Waals surface area contributed by atoms with E-state index in [9.17, 15) is 4.79 Å². The lowest BCUT2D eigenvalue weighted by atomic mass is 9.95. The van der Waals surface area contributed by atoms with Gasteiger partial charge in [0.1, 0.15) is 0 Å². The first-order valence-electron chi connectivity index (χ1n) is 5.32. The second-order valence-corrected chi connectivity index (χ2v) is 3.70. The Bertz CT molecular complexity index is 259. The van der Waals surface area contributed by atoms with Gasteiger partial charge in [-0.2, -0.15) is 0 Å². The zero-order valence-electron chi connectivity index (χ0n) is 8.83. The Morgan fingerprint density at radius 1 is 1.29 bits per heavy atom. The minimum absolute atomic E-state index is 0.157. The maximum absolute atomic E-state index is 11.6. The smallest absolute Gasteiger partial charge is 0.159 e. The maximum atomic E-state index is 11.6. The lowest BCUT2D eigenvalue weighted by molar-refractivity contribution is -0.115. The van der Waals surface area contributed by atoms with Crippen LogP contribution >= 0.6 is 0 Å². The average molecular weight is 190 g/mol. The average Bonchev–Trinajstić information content (AvgIpc) is 2.69. The molecule has 0 bridgehead atoms. The summed E-state index contributed by atoms with van der Waals surface area (Å²) in [5.74, 6) is 0.378. The Hall–Kier alpha value is -1.11. The van der Waals surface area contributed by atoms with Crippen molar-refractivity contribution in [3.8, 4) is 0 Å². The van der Waals surface area contributed by atoms with Gasteiger partial charge in [-0.15, -0.1) is 0 Å². The first-order chi connectivity index (χ1) is 6.75. The molecule has 0 aromatic carbocycles. The molecule has 0 aromatic heterocycles. The fraction of sp³-hybridized carbons (Fsp3) is 0.462. The van der Waals surface area contributed by atoms with Crippen molar-refractivity contribution in [2.24, 2.45) is 5.92 Å². The first kappa shape index (κ1) is 11.0. The van der Waals surface area contributed by atoms with E-state index in [1.165, 1.54) is 0 Å². The van der Waals surface area contributed by atoms with Gasteiger partial charge in [0.2, 0.25) is 0 Å². The van der Waals surface area contributed by atoms with Crippen molar-refractivity contribution in [3.05, 3.63) is 36.5 Å². The molecule has 0 N–H and O–H groups in total. The highest BCUT2D eigenvalue weighted by molar-refractivity contribution is 5.96. The number of Topliss-reactive ketones (excluding diaryl/α,β-unsaturated/α-hetero) is 1. The monoisotopic (exact) mass is 190 g/mol. The molecule has 0 spiro atoms. The first-order valence-corrected chi connectivity index (χ1v) is 5.32. The third-order valence-electron chi connectivity index (χ3n) is 2.52. The number of allylic oxidation sites excluding steroid dienone is 5. The van der Waals surface area contributed by atoms with Crippen molar-refractivity contribution in [2.45, 2.75) is 32.6 Å². The molecule has 0 saturated heterocycles. The molecule has 1 rings (SSSR count). The summed E-state index contributed by atoms with van der Waals surface area (Å²) < 4.78 is 0. The van der Waals surface area contributed by atoms with Crippen molar-refractivity contribution in [1.82, 2.24) is 0 Å². The summed E-state index contributed by atoms with van der Waals surface area (Å²) in [6, 6.07) is 0. The van der Waals surface area contributed by atoms with Gasteiger partial charge in [-0.25, -0.2) is 0 Å². The quantitative estimate of drug-likeness (QED) is 0.463. The molecule has 76 valence electrons. The number of hydrogen-bond donors (Lipinski definition) is 0. The maximum Gasteiger partial charge on any atom is 0.159 e. The third kappa shape index (κ3) is 2.99. The highest BCUT2D eigenvalue weighted by atomic mass is 16.1. The molecule has 0 heterocycles. The molecule has 1 nitrogen and oxygen atoms in total. The Balaban J connectivity index is 2.33. The zero-order chi connectivity index (χ0) is 10.4. The largest absolute Gasteiger partial charge is 0.295 e. The van der Waals surface area contributed by atoms with E-state index in [0.717, 1.165) is 24.8 Å². The standard InChI is InChI=1S/C13H18O/c1-3-4-5-10-13(14)11(2)12-8-6-7-9-12/h6-9,12H,2-5,10H2,1H3. The summed E-state index contributed by atoms with van der Waals surface area (Å²) in [7, 11) is 0. The lowest BCUT2D eigenvalue weighted by Gasteiger charge is -2.08. The molecular formula is C13H18O. The molecule has 0 atom stereocenters. The van der Waals surface area contributed by atoms with Gasteiger partial charge in [0.25, 0.3) is 0 Å². The minimum Gasteiger partial charge on any atom is -0.295 e. The number of unbranched alkanes of at least 4 members (excludes halogenated alkanes) is 2. The predicted molar refractivity (Wildman–Crippen MR) is 60.1 cm³/mol. The van der Waals surface area contributed by atoms with Crippen LogP contribution in [-0.4, -0.2) is 5.78 Å². The van der Waals surface area contributed by atoms with Gasteiger partial charge < -0.3 is 0 Å². The summed E-state index contributed by atoms with van der Waals surface area (Å²) in [6.07, 6.45) is 11.9. The van der Waals surface area contributed by atoms with Gasteiger partial charge in [-0.1, -0.05) is 50.6 Å². The van der Waals surface area contributed by atoms with E-state index in [1.54, 1.807) is 0 Å². The van der Waals surface area contributed by atoms with Crippen LogP contribution in [0.4, 0.5) is 0 Å². The number of hydrogen-bond acceptors (Lipinski definition) is 1. The molecule has 0 fully saturated rings. The highest BCUT2D eigenvalue weighted by Crippen LogP contribution is 2.20. The van der Waals surface area contributed by atoms with E-state index in [2.05, 4.69) is 13.5 Å². The molecule has 1 aliphatic rings. The van der Waals surface area contributed by atoms with Crippen LogP contribution in [-0.2, 0) is 4.79 Å². The van der Waals surface area contributed by atoms with E-state index in [1.807, 2.05) is 24.3 Å². The molecule has 0 saturated carbocycles. The van der Waals surface area contributed by atoms with Gasteiger partial charge in [0.15, 0.2) is 5.78 Å². The molecule has 1 heteroatoms. The van der Waals surface area contributed by atoms with Gasteiger partial charge in [-0.3, -0.25) is 4.79 Å². The predicted octanol–water partition coefficient (Wildman–Crippen LogP) is 3.43. The lowest BCUT2D eigenvalue weighted by Crippen LogP contribution is -2.07. The third-order valence-corrected chi connectivity index (χ3v) is 2.52. The van der Waals surface area contributed by atoms with Gasteiger partial charge >= 0.3 is 0 Å². The Labute approximate surface area is 86.2 Å². The molecular weight excluding hydrogens is 172 g/mol. The van der Waals surface area contributed by atoms with Crippen LogP contribution in [0.1, 0.15) is 32.6 Å². The summed E-state index contributed by atoms with van der Waals surface area (Å²) in [4.78, 5) is 11.6. The summed E-state index contributed by atoms with van der Waals surface area (Å²) in [5.41, 5.74) is 0.742. The van der Waals surface area contributed by atoms with E-state index >= 15 is 0 Å². The van der Waals surface area contributed by atoms with Gasteiger partial charge in [-0.05, 0) is 12.0 Å². The second-order valence-electron chi connectivity index (χ2n) is 3.70. The Kier molecular flexibility index (Phi) is 4.37. The van der Waals surface area contributed by atoms with Crippen LogP contribution in [0.5, 0.6) is 0 Å². The van der Waals surface area contributed by atoms with E-state index < -0.39 is 0 Å². The van der Waals surface area contributed by atoms with Crippen molar-refractivity contribution >= 4 is 5.78 Å². The molecule has 1 aliphatic carbocycles. The van der Waals surface area contributed by atoms with Crippen molar-refractivity contribution in [2.75, 3.05) is 0 Å². The van der Waals surface area contributed by atoms with Crippen LogP contribution in [0.25, 0.3) is 0 Å². The molecule has 0 aliphatic heterocycles. The minimum atomic E-state index is 0.157.